The quantitative estimate of drug-likeness (QED) is 0.552. The molecule has 1 atom stereocenters. The van der Waals surface area contributed by atoms with Gasteiger partial charge in [-0.05, 0) is 34.6 Å². The van der Waals surface area contributed by atoms with Gasteiger partial charge in [0.1, 0.15) is 5.78 Å². The molecule has 1 unspecified atom stereocenters. The summed E-state index contributed by atoms with van der Waals surface area (Å²) < 4.78 is 0. The molecule has 0 aromatic carbocycles. The first-order valence-electron chi connectivity index (χ1n) is 4.77. The van der Waals surface area contributed by atoms with E-state index in [0.717, 1.165) is 5.57 Å². The number of hydrogen-bond donors (Lipinski definition) is 1. The summed E-state index contributed by atoms with van der Waals surface area (Å²) in [5, 5.41) is 2.77. The second-order valence-corrected chi connectivity index (χ2v) is 3.85. The van der Waals surface area contributed by atoms with E-state index < -0.39 is 0 Å². The van der Waals surface area contributed by atoms with Gasteiger partial charge < -0.3 is 5.32 Å². The fraction of sp³-hybridized carbons (Fsp3) is 0.636. The molecule has 0 aromatic heterocycles. The van der Waals surface area contributed by atoms with Crippen LogP contribution in [0.2, 0.25) is 0 Å². The summed E-state index contributed by atoms with van der Waals surface area (Å²) in [5.74, 6) is -0.310. The van der Waals surface area contributed by atoms with E-state index in [1.54, 1.807) is 0 Å². The van der Waals surface area contributed by atoms with Crippen molar-refractivity contribution < 1.29 is 9.59 Å². The first kappa shape index (κ1) is 12.9. The van der Waals surface area contributed by atoms with Gasteiger partial charge in [-0.25, -0.2) is 0 Å². The minimum atomic E-state index is -0.203. The molecule has 0 radical (unpaired) electrons. The lowest BCUT2D eigenvalue weighted by Gasteiger charge is -2.15. The summed E-state index contributed by atoms with van der Waals surface area (Å²) in [7, 11) is 0. The molecule has 0 heterocycles. The Morgan fingerprint density at radius 3 is 2.00 bits per heavy atom. The topological polar surface area (TPSA) is 46.2 Å². The van der Waals surface area contributed by atoms with Crippen molar-refractivity contribution in [2.45, 2.75) is 47.1 Å². The van der Waals surface area contributed by atoms with Gasteiger partial charge in [-0.15, -0.1) is 0 Å². The highest BCUT2D eigenvalue weighted by molar-refractivity contribution is 5.96. The van der Waals surface area contributed by atoms with Gasteiger partial charge in [0, 0.05) is 6.04 Å². The molecule has 0 aromatic rings. The van der Waals surface area contributed by atoms with Crippen LogP contribution in [0, 0.1) is 0 Å². The molecule has 0 aliphatic carbocycles. The van der Waals surface area contributed by atoms with Crippen LogP contribution in [0.5, 0.6) is 0 Å². The van der Waals surface area contributed by atoms with Crippen molar-refractivity contribution in [3.63, 3.8) is 0 Å². The Bertz CT molecular complexity index is 262. The highest BCUT2D eigenvalue weighted by Gasteiger charge is 2.10. The summed E-state index contributed by atoms with van der Waals surface area (Å²) in [5.41, 5.74) is 2.34. The second kappa shape index (κ2) is 5.58. The Balaban J connectivity index is 4.20. The van der Waals surface area contributed by atoms with E-state index in [9.17, 15) is 9.59 Å². The number of hydrogen-bond acceptors (Lipinski definition) is 2. The summed E-state index contributed by atoms with van der Waals surface area (Å²) in [6.45, 7) is 9.32. The van der Waals surface area contributed by atoms with Crippen LogP contribution in [0.25, 0.3) is 0 Å². The van der Waals surface area contributed by atoms with Gasteiger partial charge in [0.15, 0.2) is 0 Å². The van der Waals surface area contributed by atoms with Crippen molar-refractivity contribution in [3.8, 4) is 0 Å². The minimum absolute atomic E-state index is 0.00634. The maximum atomic E-state index is 11.2. The molecule has 1 amide bonds. The Morgan fingerprint density at radius 2 is 1.64 bits per heavy atom. The molecule has 1 N–H and O–H groups in total. The molecule has 0 bridgehead atoms. The van der Waals surface area contributed by atoms with Crippen molar-refractivity contribution in [3.05, 3.63) is 11.1 Å². The molecule has 0 rings (SSSR count). The Labute approximate surface area is 85.6 Å². The van der Waals surface area contributed by atoms with Gasteiger partial charge in [-0.2, -0.15) is 0 Å². The first-order valence-corrected chi connectivity index (χ1v) is 4.77. The van der Waals surface area contributed by atoms with Crippen molar-refractivity contribution in [1.82, 2.24) is 5.32 Å². The lowest BCUT2D eigenvalue weighted by molar-refractivity contribution is -0.127. The molecule has 3 heteroatoms. The summed E-state index contributed by atoms with van der Waals surface area (Å²) in [6, 6.07) is 0.00634. The zero-order valence-corrected chi connectivity index (χ0v) is 9.60. The molecule has 0 spiro atoms. The zero-order chi connectivity index (χ0) is 11.3. The van der Waals surface area contributed by atoms with Crippen molar-refractivity contribution in [2.24, 2.45) is 0 Å². The monoisotopic (exact) mass is 197 g/mol. The van der Waals surface area contributed by atoms with Crippen molar-refractivity contribution in [2.75, 3.05) is 0 Å². The highest BCUT2D eigenvalue weighted by Crippen LogP contribution is 2.07. The van der Waals surface area contributed by atoms with Crippen LogP contribution in [0.4, 0.5) is 0 Å². The number of Topliss-reactive ketones (excluding diaryl/α,β-unsaturated/α-hetero) is 1. The third-order valence-corrected chi connectivity index (χ3v) is 2.23. The average molecular weight is 197 g/mol. The number of rotatable bonds is 4. The SMILES string of the molecule is CC(=O)CC(=O)NC(C)C(C)=C(C)C. The molecule has 0 aliphatic heterocycles. The van der Waals surface area contributed by atoms with Gasteiger partial charge >= 0.3 is 0 Å². The fourth-order valence-corrected chi connectivity index (χ4v) is 1.06. The molecule has 80 valence electrons. The zero-order valence-electron chi connectivity index (χ0n) is 9.60. The molecular weight excluding hydrogens is 178 g/mol. The molecule has 0 saturated carbocycles. The third kappa shape index (κ3) is 4.80. The molecule has 0 fully saturated rings. The number of carbonyl (C=O) groups excluding carboxylic acids is 2. The highest BCUT2D eigenvalue weighted by atomic mass is 16.2. The van der Waals surface area contributed by atoms with Crippen LogP contribution in [0.1, 0.15) is 41.0 Å². The van der Waals surface area contributed by atoms with E-state index in [2.05, 4.69) is 5.32 Å². The lowest BCUT2D eigenvalue weighted by atomic mass is 10.1. The van der Waals surface area contributed by atoms with E-state index >= 15 is 0 Å². The fourth-order valence-electron chi connectivity index (χ4n) is 1.06. The molecular formula is C11H19NO2. The maximum Gasteiger partial charge on any atom is 0.227 e. The van der Waals surface area contributed by atoms with Gasteiger partial charge in [0.2, 0.25) is 5.91 Å². The van der Waals surface area contributed by atoms with Crippen LogP contribution in [-0.4, -0.2) is 17.7 Å². The van der Waals surface area contributed by atoms with E-state index in [-0.39, 0.29) is 24.2 Å². The van der Waals surface area contributed by atoms with E-state index in [0.29, 0.717) is 0 Å². The normalized spacial score (nSPS) is 11.8. The van der Waals surface area contributed by atoms with Gasteiger partial charge in [0.25, 0.3) is 0 Å². The van der Waals surface area contributed by atoms with Crippen LogP contribution >= 0.6 is 0 Å². The van der Waals surface area contributed by atoms with E-state index in [1.165, 1.54) is 12.5 Å². The number of amides is 1. The molecule has 0 aliphatic rings. The van der Waals surface area contributed by atoms with Crippen LogP contribution in [0.3, 0.4) is 0 Å². The smallest absolute Gasteiger partial charge is 0.227 e. The van der Waals surface area contributed by atoms with Gasteiger partial charge in [-0.3, -0.25) is 9.59 Å². The average Bonchev–Trinajstić information content (AvgIpc) is 2.00. The van der Waals surface area contributed by atoms with Crippen LogP contribution < -0.4 is 5.32 Å². The third-order valence-electron chi connectivity index (χ3n) is 2.23. The molecule has 3 nitrogen and oxygen atoms in total. The van der Waals surface area contributed by atoms with E-state index in [4.69, 9.17) is 0 Å². The predicted molar refractivity (Wildman–Crippen MR) is 57.0 cm³/mol. The number of ketones is 1. The van der Waals surface area contributed by atoms with Gasteiger partial charge in [-0.1, -0.05) is 11.1 Å². The first-order chi connectivity index (χ1) is 6.34. The van der Waals surface area contributed by atoms with Crippen LogP contribution in [-0.2, 0) is 9.59 Å². The van der Waals surface area contributed by atoms with E-state index in [1.807, 2.05) is 27.7 Å². The largest absolute Gasteiger partial charge is 0.350 e. The van der Waals surface area contributed by atoms with Crippen molar-refractivity contribution >= 4 is 11.7 Å². The van der Waals surface area contributed by atoms with Crippen LogP contribution in [0.15, 0.2) is 11.1 Å². The number of nitrogens with one attached hydrogen (secondary N) is 1. The molecule has 14 heavy (non-hydrogen) atoms. The summed E-state index contributed by atoms with van der Waals surface area (Å²) >= 11 is 0. The summed E-state index contributed by atoms with van der Waals surface area (Å²) in [6.07, 6.45) is -0.0274. The standard InChI is InChI=1S/C11H19NO2/c1-7(2)9(4)10(5)12-11(14)6-8(3)13/h10H,6H2,1-5H3,(H,12,14). The predicted octanol–water partition coefficient (Wildman–Crippen LogP) is 1.83. The second-order valence-electron chi connectivity index (χ2n) is 3.85. The Kier molecular flexibility index (Phi) is 5.13. The van der Waals surface area contributed by atoms with Crippen molar-refractivity contribution in [1.29, 1.82) is 0 Å². The lowest BCUT2D eigenvalue weighted by Crippen LogP contribution is -2.34. The Morgan fingerprint density at radius 1 is 1.14 bits per heavy atom. The summed E-state index contributed by atoms with van der Waals surface area (Å²) in [4.78, 5) is 21.9. The minimum Gasteiger partial charge on any atom is -0.350 e. The maximum absolute atomic E-state index is 11.2. The number of carbonyl (C=O) groups is 2. The van der Waals surface area contributed by atoms with Gasteiger partial charge in [0.05, 0.1) is 6.42 Å². The Hall–Kier alpha value is -1.12. The molecule has 0 saturated heterocycles. The number of allylic oxidation sites excluding steroid dienone is 1.